The highest BCUT2D eigenvalue weighted by Crippen LogP contribution is 2.20. The minimum atomic E-state index is -0.915. The van der Waals surface area contributed by atoms with E-state index in [1.54, 1.807) is 27.7 Å². The molecular weight excluding hydrogens is 288 g/mol. The van der Waals surface area contributed by atoms with Gasteiger partial charge in [0.15, 0.2) is 6.10 Å². The number of hydrogen-bond donors (Lipinski definition) is 2. The Balaban J connectivity index is 2.94. The highest BCUT2D eigenvalue weighted by atomic mass is 16.5. The monoisotopic (exact) mass is 310 g/mol. The van der Waals surface area contributed by atoms with Crippen LogP contribution in [0.4, 0.5) is 0 Å². The summed E-state index contributed by atoms with van der Waals surface area (Å²) in [7, 11) is 0. The van der Waals surface area contributed by atoms with Crippen molar-refractivity contribution in [2.75, 3.05) is 13.2 Å². The van der Waals surface area contributed by atoms with Gasteiger partial charge in [0.25, 0.3) is 5.91 Å². The van der Waals surface area contributed by atoms with Crippen LogP contribution in [-0.4, -0.2) is 42.1 Å². The van der Waals surface area contributed by atoms with Crippen LogP contribution in [0.1, 0.15) is 52.9 Å². The number of H-pyrrole nitrogens is 1. The molecule has 7 nitrogen and oxygen atoms in total. The van der Waals surface area contributed by atoms with Gasteiger partial charge in [0.05, 0.1) is 12.2 Å². The summed E-state index contributed by atoms with van der Waals surface area (Å²) in [6, 6.07) is 0. The summed E-state index contributed by atoms with van der Waals surface area (Å²) in [6.45, 7) is 8.97. The summed E-state index contributed by atoms with van der Waals surface area (Å²) in [5.74, 6) is -1.55. The fourth-order valence-electron chi connectivity index (χ4n) is 2.05. The van der Waals surface area contributed by atoms with Gasteiger partial charge in [0.2, 0.25) is 0 Å². The number of likely N-dealkylation sites (N-methyl/N-ethyl adjacent to an activating group) is 1. The van der Waals surface area contributed by atoms with Gasteiger partial charge in [-0.1, -0.05) is 0 Å². The van der Waals surface area contributed by atoms with Crippen molar-refractivity contribution in [1.29, 1.82) is 0 Å². The van der Waals surface area contributed by atoms with Crippen LogP contribution in [0.25, 0.3) is 0 Å². The van der Waals surface area contributed by atoms with Gasteiger partial charge in [-0.05, 0) is 40.2 Å². The zero-order valence-corrected chi connectivity index (χ0v) is 13.5. The molecule has 0 saturated heterocycles. The molecule has 0 saturated carbocycles. The third-order valence-corrected chi connectivity index (χ3v) is 3.13. The molecule has 1 atom stereocenters. The summed E-state index contributed by atoms with van der Waals surface area (Å²) >= 11 is 0. The van der Waals surface area contributed by atoms with Crippen LogP contribution in [0, 0.1) is 13.8 Å². The molecule has 1 aromatic heterocycles. The molecule has 7 heteroatoms. The van der Waals surface area contributed by atoms with Crippen molar-refractivity contribution in [3.05, 3.63) is 22.5 Å². The Morgan fingerprint density at radius 1 is 1.18 bits per heavy atom. The number of aromatic nitrogens is 1. The summed E-state index contributed by atoms with van der Waals surface area (Å²) in [4.78, 5) is 38.4. The lowest BCUT2D eigenvalue weighted by molar-refractivity contribution is -0.128. The van der Waals surface area contributed by atoms with Crippen LogP contribution in [0.3, 0.4) is 0 Å². The fourth-order valence-corrected chi connectivity index (χ4v) is 2.05. The Bertz CT molecular complexity index is 577. The normalized spacial score (nSPS) is 11.7. The molecule has 1 aromatic rings. The van der Waals surface area contributed by atoms with Gasteiger partial charge < -0.3 is 19.8 Å². The minimum absolute atomic E-state index is 0.150. The van der Waals surface area contributed by atoms with Gasteiger partial charge in [0, 0.05) is 12.2 Å². The van der Waals surface area contributed by atoms with E-state index in [0.29, 0.717) is 23.4 Å². The average molecular weight is 310 g/mol. The Labute approximate surface area is 129 Å². The van der Waals surface area contributed by atoms with Crippen LogP contribution in [-0.2, 0) is 14.3 Å². The van der Waals surface area contributed by atoms with Gasteiger partial charge in [-0.2, -0.15) is 0 Å². The maximum absolute atomic E-state index is 12.1. The number of esters is 2. The predicted molar refractivity (Wildman–Crippen MR) is 79.8 cm³/mol. The molecule has 122 valence electrons. The Morgan fingerprint density at radius 3 is 2.36 bits per heavy atom. The third-order valence-electron chi connectivity index (χ3n) is 3.13. The molecule has 1 unspecified atom stereocenters. The first-order chi connectivity index (χ1) is 10.3. The van der Waals surface area contributed by atoms with E-state index < -0.39 is 18.0 Å². The van der Waals surface area contributed by atoms with Crippen molar-refractivity contribution in [3.8, 4) is 0 Å². The molecule has 2 N–H and O–H groups in total. The lowest BCUT2D eigenvalue weighted by Gasteiger charge is -2.12. The van der Waals surface area contributed by atoms with E-state index >= 15 is 0 Å². The van der Waals surface area contributed by atoms with Crippen LogP contribution >= 0.6 is 0 Å². The first-order valence-corrected chi connectivity index (χ1v) is 7.18. The molecule has 0 aliphatic heterocycles. The lowest BCUT2D eigenvalue weighted by Crippen LogP contribution is -2.35. The molecular formula is C15H22N2O5. The largest absolute Gasteiger partial charge is 0.462 e. The third kappa shape index (κ3) is 3.87. The van der Waals surface area contributed by atoms with E-state index in [1.165, 1.54) is 6.92 Å². The molecule has 22 heavy (non-hydrogen) atoms. The molecule has 1 amide bonds. The van der Waals surface area contributed by atoms with E-state index in [2.05, 4.69) is 10.3 Å². The first kappa shape index (κ1) is 17.7. The summed E-state index contributed by atoms with van der Waals surface area (Å²) < 4.78 is 10.1. The number of aryl methyl sites for hydroxylation is 1. The molecule has 0 aliphatic rings. The SMILES string of the molecule is CCNC(=O)C(C)OC(=O)c1[nH]c(C)c(C(=O)OCC)c1C. The fraction of sp³-hybridized carbons (Fsp3) is 0.533. The first-order valence-electron chi connectivity index (χ1n) is 7.18. The molecule has 0 aromatic carbocycles. The van der Waals surface area contributed by atoms with Gasteiger partial charge >= 0.3 is 11.9 Å². The van der Waals surface area contributed by atoms with Crippen molar-refractivity contribution >= 4 is 17.8 Å². The zero-order valence-electron chi connectivity index (χ0n) is 13.5. The Morgan fingerprint density at radius 2 is 1.82 bits per heavy atom. The van der Waals surface area contributed by atoms with Crippen LogP contribution in [0.5, 0.6) is 0 Å². The number of aromatic amines is 1. The topological polar surface area (TPSA) is 97.5 Å². The molecule has 1 rings (SSSR count). The average Bonchev–Trinajstić information content (AvgIpc) is 2.74. The molecule has 0 aliphatic carbocycles. The smallest absolute Gasteiger partial charge is 0.355 e. The summed E-state index contributed by atoms with van der Waals surface area (Å²) in [5, 5.41) is 2.57. The second-order valence-corrected chi connectivity index (χ2v) is 4.79. The molecule has 0 radical (unpaired) electrons. The number of carbonyl (C=O) groups is 3. The number of nitrogens with one attached hydrogen (secondary N) is 2. The minimum Gasteiger partial charge on any atom is -0.462 e. The molecule has 0 spiro atoms. The standard InChI is InChI=1S/C15H22N2O5/c1-6-16-13(18)10(5)22-15(20)12-8(3)11(9(4)17-12)14(19)21-7-2/h10,17H,6-7H2,1-5H3,(H,16,18). The van der Waals surface area contributed by atoms with E-state index in [9.17, 15) is 14.4 Å². The second kappa shape index (κ2) is 7.63. The zero-order chi connectivity index (χ0) is 16.9. The van der Waals surface area contributed by atoms with Crippen LogP contribution in [0.15, 0.2) is 0 Å². The number of ether oxygens (including phenoxy) is 2. The van der Waals surface area contributed by atoms with Gasteiger partial charge in [-0.15, -0.1) is 0 Å². The Hall–Kier alpha value is -2.31. The van der Waals surface area contributed by atoms with Crippen molar-refractivity contribution < 1.29 is 23.9 Å². The number of rotatable bonds is 6. The van der Waals surface area contributed by atoms with E-state index in [-0.39, 0.29) is 18.2 Å². The number of amides is 1. The van der Waals surface area contributed by atoms with E-state index in [1.807, 2.05) is 0 Å². The quantitative estimate of drug-likeness (QED) is 0.776. The van der Waals surface area contributed by atoms with Gasteiger partial charge in [-0.25, -0.2) is 9.59 Å². The van der Waals surface area contributed by atoms with Gasteiger partial charge in [0.1, 0.15) is 5.69 Å². The van der Waals surface area contributed by atoms with E-state index in [0.717, 1.165) is 0 Å². The van der Waals surface area contributed by atoms with Crippen LogP contribution < -0.4 is 5.32 Å². The van der Waals surface area contributed by atoms with Crippen molar-refractivity contribution in [3.63, 3.8) is 0 Å². The lowest BCUT2D eigenvalue weighted by atomic mass is 10.1. The highest BCUT2D eigenvalue weighted by Gasteiger charge is 2.26. The summed E-state index contributed by atoms with van der Waals surface area (Å²) in [5.41, 5.74) is 1.44. The van der Waals surface area contributed by atoms with E-state index in [4.69, 9.17) is 9.47 Å². The second-order valence-electron chi connectivity index (χ2n) is 4.79. The van der Waals surface area contributed by atoms with Crippen LogP contribution in [0.2, 0.25) is 0 Å². The molecule has 1 heterocycles. The van der Waals surface area contributed by atoms with Gasteiger partial charge in [-0.3, -0.25) is 4.79 Å². The maximum Gasteiger partial charge on any atom is 0.355 e. The number of hydrogen-bond acceptors (Lipinski definition) is 5. The molecule has 0 fully saturated rings. The summed E-state index contributed by atoms with van der Waals surface area (Å²) in [6.07, 6.45) is -0.915. The predicted octanol–water partition coefficient (Wildman–Crippen LogP) is 1.49. The Kier molecular flexibility index (Phi) is 6.15. The maximum atomic E-state index is 12.1. The highest BCUT2D eigenvalue weighted by molar-refractivity contribution is 5.99. The van der Waals surface area contributed by atoms with Crippen molar-refractivity contribution in [2.45, 2.75) is 40.7 Å². The van der Waals surface area contributed by atoms with Crippen molar-refractivity contribution in [2.24, 2.45) is 0 Å². The number of carbonyl (C=O) groups excluding carboxylic acids is 3. The molecule has 0 bridgehead atoms. The van der Waals surface area contributed by atoms with Crippen molar-refractivity contribution in [1.82, 2.24) is 10.3 Å².